The number of aliphatic hydroxyl groups is 1. The van der Waals surface area contributed by atoms with Crippen molar-refractivity contribution in [3.8, 4) is 0 Å². The van der Waals surface area contributed by atoms with E-state index in [4.69, 9.17) is 5.73 Å². The van der Waals surface area contributed by atoms with Crippen LogP contribution in [0.25, 0.3) is 0 Å². The van der Waals surface area contributed by atoms with Gasteiger partial charge in [0.05, 0.1) is 17.1 Å². The number of nitrogens with two attached hydrogens (primary N) is 1. The molecule has 6 nitrogen and oxygen atoms in total. The second-order valence-corrected chi connectivity index (χ2v) is 4.84. The first-order chi connectivity index (χ1) is 8.54. The van der Waals surface area contributed by atoms with Gasteiger partial charge in [0.1, 0.15) is 0 Å². The van der Waals surface area contributed by atoms with Crippen LogP contribution >= 0.6 is 0 Å². The third-order valence-electron chi connectivity index (χ3n) is 3.42. The average molecular weight is 251 g/mol. The zero-order valence-electron chi connectivity index (χ0n) is 10.1. The van der Waals surface area contributed by atoms with E-state index < -0.39 is 4.92 Å². The molecule has 0 radical (unpaired) electrons. The summed E-state index contributed by atoms with van der Waals surface area (Å²) in [7, 11) is 0. The Morgan fingerprint density at radius 1 is 1.39 bits per heavy atom. The monoisotopic (exact) mass is 251 g/mol. The Bertz CT molecular complexity index is 456. The van der Waals surface area contributed by atoms with Crippen LogP contribution in [0.4, 0.5) is 17.1 Å². The van der Waals surface area contributed by atoms with E-state index in [1.54, 1.807) is 6.07 Å². The normalized spacial score (nSPS) is 17.6. The molecule has 0 unspecified atom stereocenters. The van der Waals surface area contributed by atoms with Crippen molar-refractivity contribution >= 4 is 17.1 Å². The van der Waals surface area contributed by atoms with Crippen molar-refractivity contribution in [2.45, 2.75) is 31.2 Å². The maximum Gasteiger partial charge on any atom is 0.273 e. The molecule has 1 aromatic carbocycles. The molecule has 1 aliphatic carbocycles. The van der Waals surface area contributed by atoms with E-state index in [0.717, 1.165) is 25.7 Å². The Morgan fingerprint density at radius 3 is 2.61 bits per heavy atom. The maximum absolute atomic E-state index is 10.8. The van der Waals surface area contributed by atoms with Crippen molar-refractivity contribution in [2.75, 3.05) is 17.7 Å². The van der Waals surface area contributed by atoms with Gasteiger partial charge < -0.3 is 16.2 Å². The molecule has 18 heavy (non-hydrogen) atoms. The minimum absolute atomic E-state index is 0.0234. The van der Waals surface area contributed by atoms with Gasteiger partial charge in [-0.15, -0.1) is 0 Å². The van der Waals surface area contributed by atoms with E-state index in [2.05, 4.69) is 5.32 Å². The Balaban J connectivity index is 2.25. The SMILES string of the molecule is Nc1cc(NC2(CO)CCCC2)cc([N+](=O)[O-])c1. The van der Waals surface area contributed by atoms with Crippen LogP contribution < -0.4 is 11.1 Å². The van der Waals surface area contributed by atoms with Gasteiger partial charge in [0.2, 0.25) is 0 Å². The summed E-state index contributed by atoms with van der Waals surface area (Å²) < 4.78 is 0. The van der Waals surface area contributed by atoms with Crippen LogP contribution in [0, 0.1) is 10.1 Å². The number of nitro benzene ring substituents is 1. The molecule has 0 amide bonds. The second kappa shape index (κ2) is 4.81. The zero-order chi connectivity index (χ0) is 13.2. The molecule has 0 heterocycles. The van der Waals surface area contributed by atoms with Crippen LogP contribution in [0.1, 0.15) is 25.7 Å². The predicted molar refractivity (Wildman–Crippen MR) is 69.4 cm³/mol. The number of nitrogens with one attached hydrogen (secondary N) is 1. The smallest absolute Gasteiger partial charge is 0.273 e. The van der Waals surface area contributed by atoms with Crippen molar-refractivity contribution in [2.24, 2.45) is 0 Å². The van der Waals surface area contributed by atoms with E-state index in [9.17, 15) is 15.2 Å². The van der Waals surface area contributed by atoms with Crippen molar-refractivity contribution in [3.63, 3.8) is 0 Å². The minimum Gasteiger partial charge on any atom is -0.398 e. The molecule has 1 aromatic rings. The van der Waals surface area contributed by atoms with Crippen LogP contribution in [0.2, 0.25) is 0 Å². The first-order valence-electron chi connectivity index (χ1n) is 5.99. The summed E-state index contributed by atoms with van der Waals surface area (Å²) in [5.74, 6) is 0. The molecule has 0 spiro atoms. The highest BCUT2D eigenvalue weighted by Gasteiger charge is 2.33. The van der Waals surface area contributed by atoms with Crippen LogP contribution in [0.3, 0.4) is 0 Å². The van der Waals surface area contributed by atoms with E-state index in [1.165, 1.54) is 12.1 Å². The number of nitrogens with zero attached hydrogens (tertiary/aromatic N) is 1. The fraction of sp³-hybridized carbons (Fsp3) is 0.500. The molecule has 0 aliphatic heterocycles. The van der Waals surface area contributed by atoms with E-state index in [0.29, 0.717) is 11.4 Å². The first-order valence-corrected chi connectivity index (χ1v) is 5.99. The van der Waals surface area contributed by atoms with Crippen molar-refractivity contribution < 1.29 is 10.0 Å². The third kappa shape index (κ3) is 2.53. The lowest BCUT2D eigenvalue weighted by Gasteiger charge is -2.29. The number of non-ortho nitro benzene ring substituents is 1. The highest BCUT2D eigenvalue weighted by molar-refractivity contribution is 5.62. The van der Waals surface area contributed by atoms with Crippen LogP contribution in [-0.4, -0.2) is 22.2 Å². The average Bonchev–Trinajstić information content (AvgIpc) is 2.77. The highest BCUT2D eigenvalue weighted by atomic mass is 16.6. The topological polar surface area (TPSA) is 101 Å². The summed E-state index contributed by atoms with van der Waals surface area (Å²) in [5.41, 5.74) is 6.19. The van der Waals surface area contributed by atoms with E-state index >= 15 is 0 Å². The molecule has 1 saturated carbocycles. The number of nitro groups is 1. The molecule has 0 bridgehead atoms. The van der Waals surface area contributed by atoms with Gasteiger partial charge in [-0.2, -0.15) is 0 Å². The summed E-state index contributed by atoms with van der Waals surface area (Å²) >= 11 is 0. The second-order valence-electron chi connectivity index (χ2n) is 4.84. The quantitative estimate of drug-likeness (QED) is 0.431. The molecular formula is C12H17N3O3. The number of hydrogen-bond donors (Lipinski definition) is 3. The molecule has 6 heteroatoms. The lowest BCUT2D eigenvalue weighted by atomic mass is 9.98. The van der Waals surface area contributed by atoms with Crippen LogP contribution in [0.15, 0.2) is 18.2 Å². The molecule has 0 aromatic heterocycles. The molecule has 4 N–H and O–H groups in total. The molecular weight excluding hydrogens is 234 g/mol. The summed E-state index contributed by atoms with van der Waals surface area (Å²) in [6.07, 6.45) is 3.84. The van der Waals surface area contributed by atoms with Crippen molar-refractivity contribution in [3.05, 3.63) is 28.3 Å². The maximum atomic E-state index is 10.8. The predicted octanol–water partition coefficient (Wildman–Crippen LogP) is 1.89. The van der Waals surface area contributed by atoms with Crippen LogP contribution in [-0.2, 0) is 0 Å². The van der Waals surface area contributed by atoms with Gasteiger partial charge in [-0.3, -0.25) is 10.1 Å². The molecule has 1 fully saturated rings. The van der Waals surface area contributed by atoms with Crippen LogP contribution in [0.5, 0.6) is 0 Å². The van der Waals surface area contributed by atoms with Crippen molar-refractivity contribution in [1.82, 2.24) is 0 Å². The van der Waals surface area contributed by atoms with Gasteiger partial charge >= 0.3 is 0 Å². The number of benzene rings is 1. The molecule has 0 saturated heterocycles. The molecule has 98 valence electrons. The largest absolute Gasteiger partial charge is 0.398 e. The Kier molecular flexibility index (Phi) is 3.38. The summed E-state index contributed by atoms with van der Waals surface area (Å²) in [5, 5.41) is 23.5. The third-order valence-corrected chi connectivity index (χ3v) is 3.42. The van der Waals surface area contributed by atoms with Crippen molar-refractivity contribution in [1.29, 1.82) is 0 Å². The van der Waals surface area contributed by atoms with E-state index in [1.807, 2.05) is 0 Å². The highest BCUT2D eigenvalue weighted by Crippen LogP contribution is 2.34. The number of rotatable bonds is 4. The number of hydrogen-bond acceptors (Lipinski definition) is 5. The first kappa shape index (κ1) is 12.6. The summed E-state index contributed by atoms with van der Waals surface area (Å²) in [6.45, 7) is 0.0234. The fourth-order valence-corrected chi connectivity index (χ4v) is 2.49. The Labute approximate surface area is 105 Å². The lowest BCUT2D eigenvalue weighted by Crippen LogP contribution is -2.39. The molecule has 1 aliphatic rings. The minimum atomic E-state index is -0.470. The fourth-order valence-electron chi connectivity index (χ4n) is 2.49. The zero-order valence-corrected chi connectivity index (χ0v) is 10.1. The van der Waals surface area contributed by atoms with Gasteiger partial charge in [0.25, 0.3) is 5.69 Å². The molecule has 0 atom stereocenters. The standard InChI is InChI=1S/C12H17N3O3/c13-9-5-10(7-11(6-9)15(17)18)14-12(8-16)3-1-2-4-12/h5-7,14,16H,1-4,8,13H2. The Hall–Kier alpha value is -1.82. The van der Waals surface area contributed by atoms with Gasteiger partial charge in [0.15, 0.2) is 0 Å². The molecule has 2 rings (SSSR count). The summed E-state index contributed by atoms with van der Waals surface area (Å²) in [6, 6.07) is 4.43. The number of anilines is 2. The lowest BCUT2D eigenvalue weighted by molar-refractivity contribution is -0.384. The van der Waals surface area contributed by atoms with Gasteiger partial charge in [-0.05, 0) is 18.9 Å². The van der Waals surface area contributed by atoms with Gasteiger partial charge in [-0.1, -0.05) is 12.8 Å². The van der Waals surface area contributed by atoms with Gasteiger partial charge in [0, 0.05) is 23.5 Å². The Morgan fingerprint density at radius 2 is 2.06 bits per heavy atom. The summed E-state index contributed by atoms with van der Waals surface area (Å²) in [4.78, 5) is 10.3. The number of aliphatic hydroxyl groups excluding tert-OH is 1. The van der Waals surface area contributed by atoms with E-state index in [-0.39, 0.29) is 17.8 Å². The number of nitrogen functional groups attached to an aromatic ring is 1. The van der Waals surface area contributed by atoms with Gasteiger partial charge in [-0.25, -0.2) is 0 Å².